The van der Waals surface area contributed by atoms with Gasteiger partial charge >= 0.3 is 5.97 Å². The SMILES string of the molecule is COC(C(N)=O)c1ccc(C(=O)O)cc1. The Morgan fingerprint density at radius 3 is 2.20 bits per heavy atom. The van der Waals surface area contributed by atoms with Gasteiger partial charge in [0.25, 0.3) is 5.91 Å². The van der Waals surface area contributed by atoms with Gasteiger partial charge < -0.3 is 15.6 Å². The zero-order valence-electron chi connectivity index (χ0n) is 8.14. The summed E-state index contributed by atoms with van der Waals surface area (Å²) in [4.78, 5) is 21.5. The maximum Gasteiger partial charge on any atom is 0.335 e. The highest BCUT2D eigenvalue weighted by atomic mass is 16.5. The van der Waals surface area contributed by atoms with Crippen LogP contribution in [0.15, 0.2) is 24.3 Å². The topological polar surface area (TPSA) is 89.6 Å². The molecule has 80 valence electrons. The van der Waals surface area contributed by atoms with Crippen molar-refractivity contribution in [3.05, 3.63) is 35.4 Å². The highest BCUT2D eigenvalue weighted by molar-refractivity contribution is 5.88. The largest absolute Gasteiger partial charge is 0.478 e. The van der Waals surface area contributed by atoms with Gasteiger partial charge in [0.05, 0.1) is 5.56 Å². The van der Waals surface area contributed by atoms with Crippen molar-refractivity contribution in [1.82, 2.24) is 0 Å². The first-order valence-corrected chi connectivity index (χ1v) is 4.21. The normalized spacial score (nSPS) is 12.1. The molecule has 5 heteroatoms. The van der Waals surface area contributed by atoms with E-state index in [0.29, 0.717) is 5.56 Å². The molecule has 0 fully saturated rings. The van der Waals surface area contributed by atoms with Crippen LogP contribution in [0.3, 0.4) is 0 Å². The smallest absolute Gasteiger partial charge is 0.335 e. The first-order chi connectivity index (χ1) is 7.06. The molecule has 0 spiro atoms. The number of amides is 1. The van der Waals surface area contributed by atoms with Crippen molar-refractivity contribution in [2.75, 3.05) is 7.11 Å². The maximum atomic E-state index is 10.9. The third-order valence-electron chi connectivity index (χ3n) is 1.95. The molecule has 1 amide bonds. The fourth-order valence-corrected chi connectivity index (χ4v) is 1.22. The Balaban J connectivity index is 2.97. The van der Waals surface area contributed by atoms with E-state index < -0.39 is 18.0 Å². The lowest BCUT2D eigenvalue weighted by atomic mass is 10.1. The number of carbonyl (C=O) groups excluding carboxylic acids is 1. The molecule has 0 bridgehead atoms. The van der Waals surface area contributed by atoms with Crippen molar-refractivity contribution < 1.29 is 19.4 Å². The average molecular weight is 209 g/mol. The third-order valence-corrected chi connectivity index (χ3v) is 1.95. The number of primary amides is 1. The van der Waals surface area contributed by atoms with E-state index in [0.717, 1.165) is 0 Å². The Morgan fingerprint density at radius 2 is 1.87 bits per heavy atom. The number of rotatable bonds is 4. The Kier molecular flexibility index (Phi) is 3.41. The van der Waals surface area contributed by atoms with Crippen molar-refractivity contribution in [3.63, 3.8) is 0 Å². The molecule has 0 aliphatic carbocycles. The van der Waals surface area contributed by atoms with Crippen molar-refractivity contribution in [1.29, 1.82) is 0 Å². The predicted molar refractivity (Wildman–Crippen MR) is 52.3 cm³/mol. The van der Waals surface area contributed by atoms with Crippen molar-refractivity contribution in [3.8, 4) is 0 Å². The van der Waals surface area contributed by atoms with E-state index in [1.807, 2.05) is 0 Å². The number of benzene rings is 1. The number of nitrogens with two attached hydrogens (primary N) is 1. The van der Waals surface area contributed by atoms with E-state index in [1.165, 1.54) is 31.4 Å². The molecular weight excluding hydrogens is 198 g/mol. The Morgan fingerprint density at radius 1 is 1.33 bits per heavy atom. The zero-order chi connectivity index (χ0) is 11.4. The Labute approximate surface area is 86.5 Å². The zero-order valence-corrected chi connectivity index (χ0v) is 8.14. The summed E-state index contributed by atoms with van der Waals surface area (Å²) in [6.45, 7) is 0. The second-order valence-electron chi connectivity index (χ2n) is 2.95. The highest BCUT2D eigenvalue weighted by Gasteiger charge is 2.16. The van der Waals surface area contributed by atoms with Crippen LogP contribution >= 0.6 is 0 Å². The molecule has 1 unspecified atom stereocenters. The predicted octanol–water partition coefficient (Wildman–Crippen LogP) is 0.558. The molecule has 1 rings (SSSR count). The van der Waals surface area contributed by atoms with E-state index in [9.17, 15) is 9.59 Å². The van der Waals surface area contributed by atoms with Gasteiger partial charge in [-0.3, -0.25) is 4.79 Å². The van der Waals surface area contributed by atoms with Gasteiger partial charge in [0.15, 0.2) is 6.10 Å². The summed E-state index contributed by atoms with van der Waals surface area (Å²) in [6.07, 6.45) is -0.840. The molecule has 0 heterocycles. The van der Waals surface area contributed by atoms with Gasteiger partial charge in [-0.15, -0.1) is 0 Å². The second kappa shape index (κ2) is 4.56. The molecule has 0 saturated heterocycles. The van der Waals surface area contributed by atoms with Crippen LogP contribution in [-0.4, -0.2) is 24.1 Å². The summed E-state index contributed by atoms with van der Waals surface area (Å²) < 4.78 is 4.88. The molecule has 1 atom stereocenters. The maximum absolute atomic E-state index is 10.9. The average Bonchev–Trinajstić information content (AvgIpc) is 2.19. The minimum atomic E-state index is -1.02. The van der Waals surface area contributed by atoms with E-state index in [2.05, 4.69) is 0 Å². The number of hydrogen-bond donors (Lipinski definition) is 2. The van der Waals surface area contributed by atoms with Crippen molar-refractivity contribution in [2.45, 2.75) is 6.10 Å². The molecule has 3 N–H and O–H groups in total. The Bertz CT molecular complexity index is 372. The van der Waals surface area contributed by atoms with Gasteiger partial charge in [0.1, 0.15) is 0 Å². The summed E-state index contributed by atoms with van der Waals surface area (Å²) >= 11 is 0. The summed E-state index contributed by atoms with van der Waals surface area (Å²) in [5.74, 6) is -1.63. The van der Waals surface area contributed by atoms with Crippen molar-refractivity contribution >= 4 is 11.9 Å². The van der Waals surface area contributed by atoms with Crippen LogP contribution in [0.1, 0.15) is 22.0 Å². The van der Waals surface area contributed by atoms with Gasteiger partial charge in [-0.1, -0.05) is 12.1 Å². The minimum absolute atomic E-state index is 0.151. The van der Waals surface area contributed by atoms with E-state index >= 15 is 0 Å². The lowest BCUT2D eigenvalue weighted by Gasteiger charge is -2.11. The molecular formula is C10H11NO4. The lowest BCUT2D eigenvalue weighted by Crippen LogP contribution is -2.22. The molecule has 15 heavy (non-hydrogen) atoms. The second-order valence-corrected chi connectivity index (χ2v) is 2.95. The fourth-order valence-electron chi connectivity index (χ4n) is 1.22. The lowest BCUT2D eigenvalue weighted by molar-refractivity contribution is -0.128. The van der Waals surface area contributed by atoms with Gasteiger partial charge in [-0.05, 0) is 17.7 Å². The van der Waals surface area contributed by atoms with Gasteiger partial charge in [-0.25, -0.2) is 4.79 Å². The molecule has 5 nitrogen and oxygen atoms in total. The number of carboxylic acid groups (broad SMARTS) is 1. The molecule has 1 aromatic rings. The minimum Gasteiger partial charge on any atom is -0.478 e. The first-order valence-electron chi connectivity index (χ1n) is 4.21. The molecule has 1 aromatic carbocycles. The third kappa shape index (κ3) is 2.54. The number of carboxylic acids is 1. The number of carbonyl (C=O) groups is 2. The molecule has 0 saturated carbocycles. The summed E-state index contributed by atoms with van der Waals surface area (Å²) in [5, 5.41) is 8.66. The van der Waals surface area contributed by atoms with Crippen molar-refractivity contribution in [2.24, 2.45) is 5.73 Å². The number of aromatic carboxylic acids is 1. The van der Waals surface area contributed by atoms with Crippen LogP contribution in [-0.2, 0) is 9.53 Å². The van der Waals surface area contributed by atoms with E-state index in [1.54, 1.807) is 0 Å². The number of ether oxygens (including phenoxy) is 1. The highest BCUT2D eigenvalue weighted by Crippen LogP contribution is 2.16. The van der Waals surface area contributed by atoms with Gasteiger partial charge in [0.2, 0.25) is 0 Å². The quantitative estimate of drug-likeness (QED) is 0.758. The van der Waals surface area contributed by atoms with Gasteiger partial charge in [0, 0.05) is 7.11 Å². The first kappa shape index (κ1) is 11.2. The summed E-state index contributed by atoms with van der Waals surface area (Å²) in [5.41, 5.74) is 5.78. The molecule has 0 aliphatic rings. The molecule has 0 aliphatic heterocycles. The van der Waals surface area contributed by atoms with E-state index in [-0.39, 0.29) is 5.56 Å². The van der Waals surface area contributed by atoms with Crippen LogP contribution in [0.2, 0.25) is 0 Å². The van der Waals surface area contributed by atoms with Gasteiger partial charge in [-0.2, -0.15) is 0 Å². The fraction of sp³-hybridized carbons (Fsp3) is 0.200. The number of methoxy groups -OCH3 is 1. The number of hydrogen-bond acceptors (Lipinski definition) is 3. The van der Waals surface area contributed by atoms with Crippen LogP contribution in [0.4, 0.5) is 0 Å². The van der Waals surface area contributed by atoms with Crippen LogP contribution < -0.4 is 5.73 Å². The van der Waals surface area contributed by atoms with Crippen LogP contribution in [0, 0.1) is 0 Å². The van der Waals surface area contributed by atoms with Crippen LogP contribution in [0.5, 0.6) is 0 Å². The Hall–Kier alpha value is -1.88. The standard InChI is InChI=1S/C10H11NO4/c1-15-8(9(11)12)6-2-4-7(5-3-6)10(13)14/h2-5,8H,1H3,(H2,11,12)(H,13,14). The molecule has 0 radical (unpaired) electrons. The van der Waals surface area contributed by atoms with Crippen LogP contribution in [0.25, 0.3) is 0 Å². The monoisotopic (exact) mass is 209 g/mol. The molecule has 0 aromatic heterocycles. The summed E-state index contributed by atoms with van der Waals surface area (Å²) in [7, 11) is 1.36. The summed E-state index contributed by atoms with van der Waals surface area (Å²) in [6, 6.07) is 5.80. The van der Waals surface area contributed by atoms with E-state index in [4.69, 9.17) is 15.6 Å².